The number of esters is 1. The first-order valence-corrected chi connectivity index (χ1v) is 8.70. The first-order chi connectivity index (χ1) is 11.6. The van der Waals surface area contributed by atoms with E-state index in [4.69, 9.17) is 9.47 Å². The van der Waals surface area contributed by atoms with E-state index in [1.54, 1.807) is 27.7 Å². The maximum Gasteiger partial charge on any atom is 0.407 e. The van der Waals surface area contributed by atoms with E-state index in [1.165, 1.54) is 4.90 Å². The SMILES string of the molecule is CCOC(=O)C1(F)CN(C(=O)[C@@H]2CCC[C@@H]2NC(=O)OC(C)(C)C)C1. The normalized spacial score (nSPS) is 25.1. The van der Waals surface area contributed by atoms with Gasteiger partial charge in [-0.3, -0.25) is 4.79 Å². The summed E-state index contributed by atoms with van der Waals surface area (Å²) < 4.78 is 24.2. The highest BCUT2D eigenvalue weighted by Crippen LogP contribution is 2.33. The lowest BCUT2D eigenvalue weighted by molar-refractivity contribution is -0.175. The fourth-order valence-corrected chi connectivity index (χ4v) is 3.23. The van der Waals surface area contributed by atoms with E-state index in [-0.39, 0.29) is 31.6 Å². The summed E-state index contributed by atoms with van der Waals surface area (Å²) in [5.41, 5.74) is -2.73. The molecule has 1 saturated heterocycles. The third-order valence-corrected chi connectivity index (χ3v) is 4.37. The molecule has 2 atom stereocenters. The van der Waals surface area contributed by atoms with Crippen LogP contribution in [0.5, 0.6) is 0 Å². The van der Waals surface area contributed by atoms with Crippen molar-refractivity contribution in [2.45, 2.75) is 64.3 Å². The topological polar surface area (TPSA) is 84.9 Å². The second kappa shape index (κ2) is 7.17. The molecule has 8 heteroatoms. The largest absolute Gasteiger partial charge is 0.464 e. The zero-order valence-corrected chi connectivity index (χ0v) is 15.3. The highest BCUT2D eigenvalue weighted by atomic mass is 19.1. The molecular weight excluding hydrogens is 331 g/mol. The number of amides is 2. The molecule has 2 rings (SSSR count). The summed E-state index contributed by atoms with van der Waals surface area (Å²) in [6.07, 6.45) is 1.52. The van der Waals surface area contributed by atoms with Crippen LogP contribution in [-0.4, -0.2) is 59.9 Å². The lowest BCUT2D eigenvalue weighted by Gasteiger charge is -2.43. The van der Waals surface area contributed by atoms with Crippen LogP contribution in [-0.2, 0) is 19.1 Å². The van der Waals surface area contributed by atoms with Crippen LogP contribution in [0.1, 0.15) is 47.0 Å². The summed E-state index contributed by atoms with van der Waals surface area (Å²) in [5.74, 6) is -1.58. The molecule has 0 aromatic heterocycles. The van der Waals surface area contributed by atoms with Crippen molar-refractivity contribution < 1.29 is 28.2 Å². The van der Waals surface area contributed by atoms with Gasteiger partial charge in [0.25, 0.3) is 0 Å². The zero-order chi connectivity index (χ0) is 18.8. The first-order valence-electron chi connectivity index (χ1n) is 8.70. The van der Waals surface area contributed by atoms with Crippen LogP contribution in [0.4, 0.5) is 9.18 Å². The minimum Gasteiger partial charge on any atom is -0.464 e. The number of halogens is 1. The number of alkyl carbamates (subject to hydrolysis) is 1. The number of alkyl halides is 1. The Kier molecular flexibility index (Phi) is 5.58. The number of ether oxygens (including phenoxy) is 2. The Morgan fingerprint density at radius 2 is 1.88 bits per heavy atom. The molecule has 0 unspecified atom stereocenters. The van der Waals surface area contributed by atoms with Gasteiger partial charge in [-0.1, -0.05) is 6.42 Å². The molecule has 1 heterocycles. The zero-order valence-electron chi connectivity index (χ0n) is 15.3. The fraction of sp³-hybridized carbons (Fsp3) is 0.824. The summed E-state index contributed by atoms with van der Waals surface area (Å²) in [4.78, 5) is 37.4. The Labute approximate surface area is 147 Å². The van der Waals surface area contributed by atoms with Gasteiger partial charge in [0.05, 0.1) is 25.6 Å². The lowest BCUT2D eigenvalue weighted by atomic mass is 9.92. The van der Waals surface area contributed by atoms with Crippen molar-refractivity contribution in [3.8, 4) is 0 Å². The Bertz CT molecular complexity index is 540. The molecule has 0 spiro atoms. The van der Waals surface area contributed by atoms with Crippen molar-refractivity contribution in [1.29, 1.82) is 0 Å². The minimum absolute atomic E-state index is 0.100. The highest BCUT2D eigenvalue weighted by Gasteiger charge is 2.55. The molecule has 1 aliphatic carbocycles. The van der Waals surface area contributed by atoms with Gasteiger partial charge in [-0.15, -0.1) is 0 Å². The van der Waals surface area contributed by atoms with Gasteiger partial charge < -0.3 is 19.7 Å². The quantitative estimate of drug-likeness (QED) is 0.775. The molecule has 0 radical (unpaired) electrons. The molecule has 2 fully saturated rings. The second-order valence-electron chi connectivity index (χ2n) is 7.67. The van der Waals surface area contributed by atoms with E-state index >= 15 is 0 Å². The predicted molar refractivity (Wildman–Crippen MR) is 87.6 cm³/mol. The highest BCUT2D eigenvalue weighted by molar-refractivity contribution is 5.88. The van der Waals surface area contributed by atoms with Crippen LogP contribution in [0, 0.1) is 5.92 Å². The minimum atomic E-state index is -2.11. The third kappa shape index (κ3) is 4.61. The van der Waals surface area contributed by atoms with Crippen molar-refractivity contribution in [2.24, 2.45) is 5.92 Å². The Balaban J connectivity index is 1.89. The van der Waals surface area contributed by atoms with Gasteiger partial charge in [-0.05, 0) is 40.5 Å². The summed E-state index contributed by atoms with van der Waals surface area (Å²) in [6.45, 7) is 6.42. The van der Waals surface area contributed by atoms with Crippen LogP contribution < -0.4 is 5.32 Å². The molecule has 1 aliphatic heterocycles. The maximum atomic E-state index is 14.3. The standard InChI is InChI=1S/C17H27FN2O5/c1-5-24-14(22)17(18)9-20(10-17)13(21)11-7-6-8-12(11)19-15(23)25-16(2,3)4/h11-12H,5-10H2,1-4H3,(H,19,23)/t11-,12+/m1/s1. The van der Waals surface area contributed by atoms with Gasteiger partial charge >= 0.3 is 12.1 Å². The average molecular weight is 358 g/mol. The van der Waals surface area contributed by atoms with Crippen molar-refractivity contribution in [1.82, 2.24) is 10.2 Å². The van der Waals surface area contributed by atoms with Gasteiger partial charge in [-0.25, -0.2) is 14.0 Å². The number of rotatable bonds is 4. The second-order valence-corrected chi connectivity index (χ2v) is 7.67. The molecule has 0 aromatic rings. The van der Waals surface area contributed by atoms with Crippen molar-refractivity contribution in [3.63, 3.8) is 0 Å². The van der Waals surface area contributed by atoms with Crippen LogP contribution in [0.2, 0.25) is 0 Å². The Morgan fingerprint density at radius 1 is 1.24 bits per heavy atom. The van der Waals surface area contributed by atoms with Crippen LogP contribution in [0.15, 0.2) is 0 Å². The van der Waals surface area contributed by atoms with Gasteiger partial charge in [0, 0.05) is 6.04 Å². The fourth-order valence-electron chi connectivity index (χ4n) is 3.23. The van der Waals surface area contributed by atoms with Crippen molar-refractivity contribution in [3.05, 3.63) is 0 Å². The Morgan fingerprint density at radius 3 is 2.44 bits per heavy atom. The number of likely N-dealkylation sites (tertiary alicyclic amines) is 1. The smallest absolute Gasteiger partial charge is 0.407 e. The number of nitrogens with one attached hydrogen (secondary N) is 1. The molecule has 7 nitrogen and oxygen atoms in total. The number of hydrogen-bond acceptors (Lipinski definition) is 5. The molecule has 1 N–H and O–H groups in total. The summed E-state index contributed by atoms with van der Waals surface area (Å²) >= 11 is 0. The molecule has 2 amide bonds. The van der Waals surface area contributed by atoms with E-state index in [9.17, 15) is 18.8 Å². The predicted octanol–water partition coefficient (Wildman–Crippen LogP) is 1.79. The molecule has 25 heavy (non-hydrogen) atoms. The van der Waals surface area contributed by atoms with Gasteiger partial charge in [0.1, 0.15) is 5.60 Å². The molecular formula is C17H27FN2O5. The van der Waals surface area contributed by atoms with E-state index in [0.717, 1.165) is 6.42 Å². The number of hydrogen-bond donors (Lipinski definition) is 1. The molecule has 0 aromatic carbocycles. The summed E-state index contributed by atoms with van der Waals surface area (Å²) in [5, 5.41) is 2.74. The number of nitrogens with zero attached hydrogens (tertiary/aromatic N) is 1. The van der Waals surface area contributed by atoms with Gasteiger partial charge in [-0.2, -0.15) is 0 Å². The summed E-state index contributed by atoms with van der Waals surface area (Å²) in [6, 6.07) is -0.334. The third-order valence-electron chi connectivity index (χ3n) is 4.37. The average Bonchev–Trinajstić information content (AvgIpc) is 2.89. The van der Waals surface area contributed by atoms with Crippen LogP contribution in [0.3, 0.4) is 0 Å². The van der Waals surface area contributed by atoms with Crippen LogP contribution >= 0.6 is 0 Å². The van der Waals surface area contributed by atoms with Crippen molar-refractivity contribution in [2.75, 3.05) is 19.7 Å². The van der Waals surface area contributed by atoms with Crippen LogP contribution in [0.25, 0.3) is 0 Å². The molecule has 0 bridgehead atoms. The van der Waals surface area contributed by atoms with E-state index in [0.29, 0.717) is 12.8 Å². The van der Waals surface area contributed by atoms with Gasteiger partial charge in [0.15, 0.2) is 0 Å². The molecule has 1 saturated carbocycles. The lowest BCUT2D eigenvalue weighted by Crippen LogP contribution is -2.66. The number of carbonyl (C=O) groups excluding carboxylic acids is 3. The Hall–Kier alpha value is -1.86. The summed E-state index contributed by atoms with van der Waals surface area (Å²) in [7, 11) is 0. The van der Waals surface area contributed by atoms with E-state index < -0.39 is 29.3 Å². The first kappa shape index (κ1) is 19.5. The van der Waals surface area contributed by atoms with Gasteiger partial charge in [0.2, 0.25) is 11.6 Å². The van der Waals surface area contributed by atoms with Crippen molar-refractivity contribution >= 4 is 18.0 Å². The van der Waals surface area contributed by atoms with E-state index in [1.807, 2.05) is 0 Å². The maximum absolute atomic E-state index is 14.3. The number of carbonyl (C=O) groups is 3. The molecule has 2 aliphatic rings. The molecule has 142 valence electrons. The van der Waals surface area contributed by atoms with E-state index in [2.05, 4.69) is 5.32 Å². The monoisotopic (exact) mass is 358 g/mol.